The number of hydrogen-bond acceptors (Lipinski definition) is 4. The van der Waals surface area contributed by atoms with Crippen molar-refractivity contribution in [2.45, 2.75) is 6.42 Å². The summed E-state index contributed by atoms with van der Waals surface area (Å²) >= 11 is 0. The Morgan fingerprint density at radius 1 is 1.29 bits per heavy atom. The molecule has 0 radical (unpaired) electrons. The van der Waals surface area contributed by atoms with E-state index >= 15 is 0 Å². The van der Waals surface area contributed by atoms with Gasteiger partial charge >= 0.3 is 0 Å². The summed E-state index contributed by atoms with van der Waals surface area (Å²) in [6.07, 6.45) is 0.980. The molecule has 1 fully saturated rings. The first-order valence-corrected chi connectivity index (χ1v) is 8.20. The third kappa shape index (κ3) is 3.51. The van der Waals surface area contributed by atoms with Gasteiger partial charge in [0.1, 0.15) is 5.75 Å². The molecule has 0 aromatic heterocycles. The number of nitrogens with two attached hydrogens (primary N) is 1. The molecule has 0 unspecified atom stereocenters. The summed E-state index contributed by atoms with van der Waals surface area (Å²) in [6.45, 7) is 2.14. The van der Waals surface area contributed by atoms with Crippen LogP contribution in [0.5, 0.6) is 5.75 Å². The molecule has 1 aliphatic heterocycles. The number of benzene rings is 2. The predicted octanol–water partition coefficient (Wildman–Crippen LogP) is 2.86. The van der Waals surface area contributed by atoms with Gasteiger partial charge in [-0.05, 0) is 43.1 Å². The number of likely N-dealkylation sites (tertiary alicyclic amines) is 1. The van der Waals surface area contributed by atoms with Crippen molar-refractivity contribution >= 4 is 17.3 Å². The van der Waals surface area contributed by atoms with Crippen LogP contribution in [0.2, 0.25) is 0 Å². The van der Waals surface area contributed by atoms with Crippen molar-refractivity contribution in [3.63, 3.8) is 0 Å². The number of nitrogens with one attached hydrogen (secondary N) is 1. The molecule has 0 bridgehead atoms. The van der Waals surface area contributed by atoms with Gasteiger partial charge in [0, 0.05) is 24.8 Å². The summed E-state index contributed by atoms with van der Waals surface area (Å²) < 4.78 is 5.25. The third-order valence-corrected chi connectivity index (χ3v) is 4.41. The van der Waals surface area contributed by atoms with Crippen LogP contribution in [-0.4, -0.2) is 37.6 Å². The van der Waals surface area contributed by atoms with Crippen molar-refractivity contribution in [3.8, 4) is 5.75 Å². The van der Waals surface area contributed by atoms with E-state index in [-0.39, 0.29) is 5.91 Å². The minimum atomic E-state index is 0.0527. The topological polar surface area (TPSA) is 67.6 Å². The number of hydrogen-bond donors (Lipinski definition) is 2. The summed E-state index contributed by atoms with van der Waals surface area (Å²) in [5.74, 6) is 1.23. The van der Waals surface area contributed by atoms with E-state index in [4.69, 9.17) is 10.5 Å². The minimum absolute atomic E-state index is 0.0527. The maximum atomic E-state index is 12.9. The van der Waals surface area contributed by atoms with Crippen molar-refractivity contribution in [1.82, 2.24) is 4.90 Å². The fourth-order valence-corrected chi connectivity index (χ4v) is 3.01. The maximum Gasteiger partial charge on any atom is 0.255 e. The SMILES string of the molecule is COc1cccc(Nc2ccccc2C(=O)N2CC[C@@H](CN)C2)c1. The molecular formula is C19H23N3O2. The van der Waals surface area contributed by atoms with Gasteiger partial charge in [0.15, 0.2) is 0 Å². The molecule has 2 aromatic rings. The molecule has 1 amide bonds. The number of ether oxygens (including phenoxy) is 1. The van der Waals surface area contributed by atoms with Gasteiger partial charge in [0.25, 0.3) is 5.91 Å². The molecule has 24 heavy (non-hydrogen) atoms. The van der Waals surface area contributed by atoms with E-state index in [1.54, 1.807) is 7.11 Å². The molecular weight excluding hydrogens is 302 g/mol. The molecule has 0 aliphatic carbocycles. The third-order valence-electron chi connectivity index (χ3n) is 4.41. The Labute approximate surface area is 142 Å². The second-order valence-corrected chi connectivity index (χ2v) is 6.04. The van der Waals surface area contributed by atoms with E-state index in [2.05, 4.69) is 5.32 Å². The molecule has 1 heterocycles. The molecule has 126 valence electrons. The summed E-state index contributed by atoms with van der Waals surface area (Å²) in [6, 6.07) is 15.2. The fraction of sp³-hybridized carbons (Fsp3) is 0.316. The van der Waals surface area contributed by atoms with Crippen LogP contribution in [0.15, 0.2) is 48.5 Å². The van der Waals surface area contributed by atoms with Crippen LogP contribution in [0.4, 0.5) is 11.4 Å². The second kappa shape index (κ2) is 7.36. The van der Waals surface area contributed by atoms with Crippen molar-refractivity contribution in [3.05, 3.63) is 54.1 Å². The molecule has 0 saturated carbocycles. The molecule has 1 saturated heterocycles. The Kier molecular flexibility index (Phi) is 5.01. The van der Waals surface area contributed by atoms with Gasteiger partial charge in [-0.1, -0.05) is 18.2 Å². The van der Waals surface area contributed by atoms with Gasteiger partial charge < -0.3 is 20.7 Å². The fourth-order valence-electron chi connectivity index (χ4n) is 3.01. The van der Waals surface area contributed by atoms with Crippen LogP contribution >= 0.6 is 0 Å². The van der Waals surface area contributed by atoms with Crippen molar-refractivity contribution in [2.75, 3.05) is 32.1 Å². The molecule has 2 aromatic carbocycles. The first-order chi connectivity index (χ1) is 11.7. The largest absolute Gasteiger partial charge is 0.497 e. The smallest absolute Gasteiger partial charge is 0.255 e. The molecule has 5 nitrogen and oxygen atoms in total. The first kappa shape index (κ1) is 16.3. The van der Waals surface area contributed by atoms with Gasteiger partial charge in [-0.25, -0.2) is 0 Å². The van der Waals surface area contributed by atoms with Gasteiger partial charge in [-0.3, -0.25) is 4.79 Å². The number of methoxy groups -OCH3 is 1. The van der Waals surface area contributed by atoms with Crippen molar-refractivity contribution < 1.29 is 9.53 Å². The van der Waals surface area contributed by atoms with Gasteiger partial charge in [-0.15, -0.1) is 0 Å². The van der Waals surface area contributed by atoms with Crippen LogP contribution in [-0.2, 0) is 0 Å². The highest BCUT2D eigenvalue weighted by Crippen LogP contribution is 2.26. The van der Waals surface area contributed by atoms with Crippen LogP contribution in [0, 0.1) is 5.92 Å². The lowest BCUT2D eigenvalue weighted by atomic mass is 10.1. The minimum Gasteiger partial charge on any atom is -0.497 e. The van der Waals surface area contributed by atoms with Gasteiger partial charge in [0.2, 0.25) is 0 Å². The highest BCUT2D eigenvalue weighted by atomic mass is 16.5. The zero-order valence-corrected chi connectivity index (χ0v) is 13.9. The quantitative estimate of drug-likeness (QED) is 0.887. The zero-order valence-electron chi connectivity index (χ0n) is 13.9. The summed E-state index contributed by atoms with van der Waals surface area (Å²) in [5, 5.41) is 3.32. The van der Waals surface area contributed by atoms with E-state index < -0.39 is 0 Å². The molecule has 3 rings (SSSR count). The zero-order chi connectivity index (χ0) is 16.9. The Morgan fingerprint density at radius 3 is 2.88 bits per heavy atom. The number of para-hydroxylation sites is 1. The summed E-state index contributed by atoms with van der Waals surface area (Å²) in [5.41, 5.74) is 8.09. The molecule has 1 atom stereocenters. The van der Waals surface area contributed by atoms with E-state index in [0.717, 1.165) is 36.6 Å². The number of rotatable bonds is 5. The molecule has 0 spiro atoms. The lowest BCUT2D eigenvalue weighted by Gasteiger charge is -2.19. The lowest BCUT2D eigenvalue weighted by molar-refractivity contribution is 0.0788. The highest BCUT2D eigenvalue weighted by Gasteiger charge is 2.27. The van der Waals surface area contributed by atoms with Crippen molar-refractivity contribution in [1.29, 1.82) is 0 Å². The van der Waals surface area contributed by atoms with Crippen LogP contribution in [0.25, 0.3) is 0 Å². The summed E-state index contributed by atoms with van der Waals surface area (Å²) in [7, 11) is 1.64. The van der Waals surface area contributed by atoms with Crippen molar-refractivity contribution in [2.24, 2.45) is 11.7 Å². The number of carbonyl (C=O) groups excluding carboxylic acids is 1. The average Bonchev–Trinajstić information content (AvgIpc) is 3.11. The Bertz CT molecular complexity index is 717. The van der Waals surface area contributed by atoms with Gasteiger partial charge in [-0.2, -0.15) is 0 Å². The predicted molar refractivity (Wildman–Crippen MR) is 95.8 cm³/mol. The number of nitrogens with zero attached hydrogens (tertiary/aromatic N) is 1. The second-order valence-electron chi connectivity index (χ2n) is 6.04. The Balaban J connectivity index is 1.81. The normalized spacial score (nSPS) is 16.9. The summed E-state index contributed by atoms with van der Waals surface area (Å²) in [4.78, 5) is 14.8. The molecule has 1 aliphatic rings. The first-order valence-electron chi connectivity index (χ1n) is 8.20. The number of anilines is 2. The Morgan fingerprint density at radius 2 is 2.12 bits per heavy atom. The van der Waals surface area contributed by atoms with Crippen LogP contribution < -0.4 is 15.8 Å². The Hall–Kier alpha value is -2.53. The van der Waals surface area contributed by atoms with Crippen LogP contribution in [0.3, 0.4) is 0 Å². The monoisotopic (exact) mass is 325 g/mol. The van der Waals surface area contributed by atoms with E-state index in [1.165, 1.54) is 0 Å². The molecule has 5 heteroatoms. The van der Waals surface area contributed by atoms with E-state index in [0.29, 0.717) is 18.0 Å². The van der Waals surface area contributed by atoms with E-state index in [1.807, 2.05) is 53.4 Å². The van der Waals surface area contributed by atoms with E-state index in [9.17, 15) is 4.79 Å². The van der Waals surface area contributed by atoms with Crippen LogP contribution in [0.1, 0.15) is 16.8 Å². The molecule has 3 N–H and O–H groups in total. The standard InChI is InChI=1S/C19H23N3O2/c1-24-16-6-4-5-15(11-16)21-18-8-3-2-7-17(18)19(23)22-10-9-14(12-20)13-22/h2-8,11,14,21H,9-10,12-13,20H2,1H3/t14-/m0/s1. The maximum absolute atomic E-state index is 12.9. The lowest BCUT2D eigenvalue weighted by Crippen LogP contribution is -2.30. The average molecular weight is 325 g/mol. The number of amides is 1. The highest BCUT2D eigenvalue weighted by molar-refractivity contribution is 6.00. The number of carbonyl (C=O) groups is 1. The van der Waals surface area contributed by atoms with Gasteiger partial charge in [0.05, 0.1) is 18.4 Å².